The van der Waals surface area contributed by atoms with Gasteiger partial charge < -0.3 is 63.9 Å². The van der Waals surface area contributed by atoms with Crippen LogP contribution in [0.5, 0.6) is 0 Å². The smallest absolute Gasteiger partial charge is 0.238 e. The zero-order chi connectivity index (χ0) is 98.6. The average molecular weight is 2520 g/mol. The van der Waals surface area contributed by atoms with Crippen molar-refractivity contribution in [2.75, 3.05) is 63.4 Å². The van der Waals surface area contributed by atoms with E-state index in [1.807, 2.05) is 116 Å². The Kier molecular flexibility index (Phi) is 30.0. The maximum absolute atomic E-state index is 14.9. The van der Waals surface area contributed by atoms with E-state index >= 15 is 0 Å². The van der Waals surface area contributed by atoms with E-state index in [0.717, 1.165) is 32.0 Å². The van der Waals surface area contributed by atoms with Crippen molar-refractivity contribution >= 4 is 282 Å². The number of pyridine rings is 5. The van der Waals surface area contributed by atoms with Gasteiger partial charge in [0, 0.05) is 141 Å². The van der Waals surface area contributed by atoms with E-state index < -0.39 is 107 Å². The number of hydrogen-bond acceptors (Lipinski definition) is 23. The number of anilines is 15. The first-order chi connectivity index (χ1) is 65.5. The van der Waals surface area contributed by atoms with Crippen molar-refractivity contribution < 1.29 is 79.4 Å². The normalized spacial score (nSPS) is 15.1. The number of fused-ring (bicyclic) bond motifs is 5. The topological polar surface area (TPSA) is 438 Å². The zero-order valence-electron chi connectivity index (χ0n) is 73.1. The predicted molar refractivity (Wildman–Crippen MR) is 562 cm³/mol. The van der Waals surface area contributed by atoms with Gasteiger partial charge in [0.25, 0.3) is 0 Å². The molecule has 5 aliphatic rings. The van der Waals surface area contributed by atoms with Gasteiger partial charge in [-0.25, -0.2) is 89.0 Å². The predicted octanol–water partition coefficient (Wildman–Crippen LogP) is 19.5. The van der Waals surface area contributed by atoms with Crippen LogP contribution in [0.15, 0.2) is 188 Å². The number of sulfonamides is 5. The van der Waals surface area contributed by atoms with Gasteiger partial charge in [-0.3, -0.25) is 23.6 Å². The highest BCUT2D eigenvalue weighted by atomic mass is 127. The molecule has 728 valence electrons. The van der Waals surface area contributed by atoms with E-state index in [1.54, 1.807) is 154 Å². The second-order valence-electron chi connectivity index (χ2n) is 33.6. The highest BCUT2D eigenvalue weighted by molar-refractivity contribution is 14.1. The summed E-state index contributed by atoms with van der Waals surface area (Å²) in [6, 6.07) is 24.2. The second kappa shape index (κ2) is 40.9. The number of imidazole rings is 5. The largest absolute Gasteiger partial charge is 0.396 e. The highest BCUT2D eigenvalue weighted by Crippen LogP contribution is 2.51. The van der Waals surface area contributed by atoms with Gasteiger partial charge in [-0.05, 0) is 286 Å². The zero-order valence-corrected chi connectivity index (χ0v) is 88.2. The fourth-order valence-corrected chi connectivity index (χ4v) is 25.3. The molecule has 1 atom stereocenters. The minimum Gasteiger partial charge on any atom is -0.396 e. The number of halogens is 11. The minimum absolute atomic E-state index is 0.00199. The molecular weight excluding hydrogens is 2440 g/mol. The van der Waals surface area contributed by atoms with Crippen molar-refractivity contribution in [2.45, 2.75) is 136 Å². The Hall–Kier alpha value is -9.48. The minimum atomic E-state index is -3.90. The molecule has 0 bridgehead atoms. The number of nitrogens with one attached hydrogen (secondary N) is 10. The molecule has 138 heavy (non-hydrogen) atoms. The first-order valence-corrected chi connectivity index (χ1v) is 55.7. The molecule has 13 N–H and O–H groups in total. The summed E-state index contributed by atoms with van der Waals surface area (Å²) in [4.78, 5) is 21.2. The van der Waals surface area contributed by atoms with E-state index in [-0.39, 0.29) is 75.4 Å². The van der Waals surface area contributed by atoms with Crippen LogP contribution in [0.2, 0.25) is 5.02 Å². The molecule has 5 aromatic carbocycles. The molecule has 33 nitrogen and oxygen atoms in total. The Morgan fingerprint density at radius 1 is 0.399 bits per heavy atom. The summed E-state index contributed by atoms with van der Waals surface area (Å²) in [5, 5.41) is 42.6. The molecule has 0 aliphatic heterocycles. The van der Waals surface area contributed by atoms with E-state index in [0.29, 0.717) is 146 Å². The van der Waals surface area contributed by atoms with Crippen LogP contribution in [0.1, 0.15) is 99.3 Å². The van der Waals surface area contributed by atoms with Gasteiger partial charge in [0.1, 0.15) is 51.5 Å². The summed E-state index contributed by atoms with van der Waals surface area (Å²) in [6.45, 7) is 6.59. The summed E-state index contributed by atoms with van der Waals surface area (Å²) in [5.74, 6) is -2.66. The first-order valence-electron chi connectivity index (χ1n) is 42.6. The maximum atomic E-state index is 14.9. The Labute approximate surface area is 857 Å². The van der Waals surface area contributed by atoms with Crippen LogP contribution in [0.3, 0.4) is 0 Å². The summed E-state index contributed by atoms with van der Waals surface area (Å²) in [5.41, 5.74) is 10.1. The van der Waals surface area contributed by atoms with Crippen LogP contribution in [-0.4, -0.2) is 149 Å². The molecule has 5 fully saturated rings. The molecule has 15 aromatic rings. The summed E-state index contributed by atoms with van der Waals surface area (Å²) < 4.78 is 222. The van der Waals surface area contributed by atoms with Gasteiger partial charge in [-0.2, -0.15) is 0 Å². The third-order valence-electron chi connectivity index (χ3n) is 23.5. The molecular formula is C89H87BrClF5I4N20O13S5. The van der Waals surface area contributed by atoms with E-state index in [1.165, 1.54) is 53.3 Å². The van der Waals surface area contributed by atoms with E-state index in [4.69, 9.17) is 16.7 Å². The lowest BCUT2D eigenvalue weighted by molar-refractivity contribution is 0.0858. The number of rotatable bonds is 30. The van der Waals surface area contributed by atoms with Crippen molar-refractivity contribution in [2.24, 2.45) is 0 Å². The van der Waals surface area contributed by atoms with Crippen LogP contribution in [0, 0.1) is 71.1 Å². The molecule has 0 amide bonds. The van der Waals surface area contributed by atoms with Crippen LogP contribution < -0.4 is 50.2 Å². The first kappa shape index (κ1) is 101. The standard InChI is InChI=1S/C20H22FIN4O4S.C19H20FIN4O3S.C17H16BrClN4O2S.C17H16FIN4O2S.C16H13F2IN4O2S/c1-12-18(24-16-3-2-13(22)8-15(16)21)17(10-26-7-6-23-19(12)26)25-31(29,30)20(4-5-20)9-14(28)11-27;1-12-17(23-15-3-2-13(21)10-14(15)20)16(11-25-8-7-22-18(12)25)24-29(27,28)19(4-5-19)6-9-26;1-10-16(21-14-5-2-11(18)8-13(14)19)15(9-23-7-6-20-17(10)23)22-26(24,25)12-3-4-12;1-10-16(21-14-5-2-11(19)8-13(14)18)15(9-23-7-6-20-17(10)23)22-26(24,25)12-3-4-12;17-11-7-9(19)1-4-12(11)21-15-13(22-26(24,25)10-2-3-10)8-23-6-5-20-16(23)14(15)18/h2-3,6-8,10,14,24-25,27-28H,4-5,9,11H2,1H3;2-3,7-8,10-11,23-24,26H,4-6,9H2,1H3;2*2,5-9,12,21-22H,3-4H2,1H3;1,4-8,10,21-22H,2-3H2. The third-order valence-corrected chi connectivity index (χ3v) is 37.0. The quantitative estimate of drug-likeness (QED) is 0.0147. The maximum Gasteiger partial charge on any atom is 0.238 e. The van der Waals surface area contributed by atoms with Gasteiger partial charge >= 0.3 is 0 Å². The van der Waals surface area contributed by atoms with Gasteiger partial charge in [0.05, 0.1) is 123 Å². The summed E-state index contributed by atoms with van der Waals surface area (Å²) in [6.07, 6.45) is 29.0. The van der Waals surface area contributed by atoms with Crippen LogP contribution in [0.4, 0.5) is 107 Å². The van der Waals surface area contributed by atoms with Crippen molar-refractivity contribution in [1.82, 2.24) is 46.9 Å². The van der Waals surface area contributed by atoms with Crippen LogP contribution in [-0.2, 0) is 50.1 Å². The van der Waals surface area contributed by atoms with Crippen molar-refractivity contribution in [3.63, 3.8) is 0 Å². The second-order valence-corrected chi connectivity index (χ2v) is 49.9. The average Bonchev–Trinajstić information content (AvgIpc) is 1.58. The third kappa shape index (κ3) is 22.7. The number of aryl methyl sites for hydroxylation is 4. The van der Waals surface area contributed by atoms with Gasteiger partial charge in [-0.15, -0.1) is 0 Å². The monoisotopic (exact) mass is 2520 g/mol. The number of hydrogen-bond donors (Lipinski definition) is 13. The van der Waals surface area contributed by atoms with Crippen molar-refractivity contribution in [3.8, 4) is 0 Å². The Balaban J connectivity index is 0.000000125. The van der Waals surface area contributed by atoms with Crippen LogP contribution >= 0.6 is 118 Å². The summed E-state index contributed by atoms with van der Waals surface area (Å²) in [7, 11) is -18.1. The summed E-state index contributed by atoms with van der Waals surface area (Å²) >= 11 is 17.7. The lowest BCUT2D eigenvalue weighted by Gasteiger charge is -2.23. The Morgan fingerprint density at radius 3 is 0.964 bits per heavy atom. The lowest BCUT2D eigenvalue weighted by Crippen LogP contribution is -2.34. The molecule has 1 unspecified atom stereocenters. The number of benzene rings is 5. The Bertz CT molecular complexity index is 7470. The molecule has 20 rings (SSSR count). The van der Waals surface area contributed by atoms with Gasteiger partial charge in [-0.1, -0.05) is 27.5 Å². The highest BCUT2D eigenvalue weighted by Gasteiger charge is 2.56. The number of aliphatic hydroxyl groups excluding tert-OH is 3. The molecule has 0 saturated heterocycles. The SMILES string of the molecule is Cc1c(Nc2ccc(Br)cc2Cl)c(NS(=O)(=O)C2CC2)cn2ccnc12.Cc1c(Nc2ccc(I)cc2F)c(NS(=O)(=O)C2(CC(O)CO)CC2)cn2ccnc12.Cc1c(Nc2ccc(I)cc2F)c(NS(=O)(=O)C2(CCO)CC2)cn2ccnc12.Cc1c(Nc2ccc(I)cc2F)c(NS(=O)(=O)C2CC2)cn2ccnc12.O=S(=O)(Nc1cn2ccnc2c(F)c1Nc1ccc(I)cc1F)C1CC1. The van der Waals surface area contributed by atoms with Gasteiger partial charge in [0.2, 0.25) is 50.1 Å². The van der Waals surface area contributed by atoms with Crippen molar-refractivity contribution in [3.05, 3.63) is 259 Å². The van der Waals surface area contributed by atoms with Gasteiger partial charge in [0.15, 0.2) is 11.5 Å². The fraction of sp³-hybridized carbons (Fsp3) is 0.270. The van der Waals surface area contributed by atoms with Crippen molar-refractivity contribution in [1.29, 1.82) is 0 Å². The van der Waals surface area contributed by atoms with Crippen LogP contribution in [0.25, 0.3) is 28.2 Å². The molecule has 0 radical (unpaired) electrons. The molecule has 49 heteroatoms. The Morgan fingerprint density at radius 2 is 0.674 bits per heavy atom. The number of nitrogens with zero attached hydrogens (tertiary/aromatic N) is 10. The number of aromatic nitrogens is 10. The molecule has 0 spiro atoms. The lowest BCUT2D eigenvalue weighted by atomic mass is 10.2. The molecule has 5 aliphatic carbocycles. The van der Waals surface area contributed by atoms with E-state index in [9.17, 15) is 74.3 Å². The molecule has 5 saturated carbocycles. The van der Waals surface area contributed by atoms with E-state index in [2.05, 4.69) is 91.0 Å². The molecule has 10 aromatic heterocycles. The fourth-order valence-electron chi connectivity index (χ4n) is 15.3. The molecule has 10 heterocycles. The number of aliphatic hydroxyl groups is 3.